The number of piperidine rings is 1. The average Bonchev–Trinajstić information content (AvgIpc) is 2.66. The van der Waals surface area contributed by atoms with Crippen molar-refractivity contribution < 1.29 is 9.59 Å². The van der Waals surface area contributed by atoms with Gasteiger partial charge in [-0.3, -0.25) is 9.59 Å². The number of thioether (sulfide) groups is 1. The van der Waals surface area contributed by atoms with Crippen LogP contribution in [0.1, 0.15) is 37.6 Å². The molecule has 0 spiro atoms. The molecule has 1 fully saturated rings. The van der Waals surface area contributed by atoms with Gasteiger partial charge in [0.2, 0.25) is 5.91 Å². The summed E-state index contributed by atoms with van der Waals surface area (Å²) in [6.07, 6.45) is 2.82. The summed E-state index contributed by atoms with van der Waals surface area (Å²) in [5, 5.41) is 3.63. The lowest BCUT2D eigenvalue weighted by molar-refractivity contribution is -0.113. The molecule has 7 heteroatoms. The minimum absolute atomic E-state index is 0.00508. The molecular formula is C21H26N4O2S. The number of aromatic nitrogens is 2. The Bertz CT molecular complexity index is 831. The molecule has 28 heavy (non-hydrogen) atoms. The molecule has 1 saturated heterocycles. The van der Waals surface area contributed by atoms with Crippen LogP contribution in [0.15, 0.2) is 41.7 Å². The van der Waals surface area contributed by atoms with E-state index in [0.717, 1.165) is 23.9 Å². The lowest BCUT2D eigenvalue weighted by Gasteiger charge is -2.35. The Morgan fingerprint density at radius 1 is 1.14 bits per heavy atom. The zero-order valence-electron chi connectivity index (χ0n) is 16.5. The van der Waals surface area contributed by atoms with Gasteiger partial charge in [-0.05, 0) is 49.4 Å². The van der Waals surface area contributed by atoms with Crippen LogP contribution in [0, 0.1) is 11.8 Å². The maximum atomic E-state index is 12.2. The number of Topliss-reactive ketones (excluding diaryl/α,β-unsaturated/α-hetero) is 1. The fourth-order valence-corrected chi connectivity index (χ4v) is 4.22. The lowest BCUT2D eigenvalue weighted by Crippen LogP contribution is -2.39. The van der Waals surface area contributed by atoms with E-state index < -0.39 is 0 Å². The number of ketones is 1. The van der Waals surface area contributed by atoms with Crippen LogP contribution in [-0.2, 0) is 4.79 Å². The predicted octanol–water partition coefficient (Wildman–Crippen LogP) is 3.89. The van der Waals surface area contributed by atoms with Gasteiger partial charge in [-0.2, -0.15) is 0 Å². The molecule has 2 atom stereocenters. The monoisotopic (exact) mass is 398 g/mol. The average molecular weight is 399 g/mol. The number of benzene rings is 1. The van der Waals surface area contributed by atoms with Crippen LogP contribution < -0.4 is 10.2 Å². The molecule has 1 N–H and O–H groups in total. The molecule has 0 bridgehead atoms. The van der Waals surface area contributed by atoms with Gasteiger partial charge in [-0.15, -0.1) is 0 Å². The van der Waals surface area contributed by atoms with Crippen molar-refractivity contribution in [3.63, 3.8) is 0 Å². The number of hydrogen-bond donors (Lipinski definition) is 1. The zero-order valence-corrected chi connectivity index (χ0v) is 17.3. The standard InChI is InChI=1S/C21H26N4O2S/c1-14-8-15(2)11-25(10-14)19-9-21(23-13-22-19)28-12-20(27)24-18-6-4-17(5-7-18)16(3)26/h4-7,9,13-15H,8,10-12H2,1-3H3,(H,24,27)/t14-,15-/m1/s1. The molecule has 0 radical (unpaired) electrons. The van der Waals surface area contributed by atoms with Crippen molar-refractivity contribution in [2.24, 2.45) is 11.8 Å². The first-order valence-electron chi connectivity index (χ1n) is 9.51. The van der Waals surface area contributed by atoms with Gasteiger partial charge in [0.25, 0.3) is 0 Å². The molecule has 0 unspecified atom stereocenters. The predicted molar refractivity (Wildman–Crippen MR) is 113 cm³/mol. The largest absolute Gasteiger partial charge is 0.356 e. The third-order valence-corrected chi connectivity index (χ3v) is 5.67. The first kappa shape index (κ1) is 20.3. The SMILES string of the molecule is CC(=O)c1ccc(NC(=O)CSc2cc(N3C[C@H](C)C[C@@H](C)C3)ncn2)cc1. The minimum atomic E-state index is -0.110. The number of nitrogens with zero attached hydrogens (tertiary/aromatic N) is 3. The molecular weight excluding hydrogens is 372 g/mol. The van der Waals surface area contributed by atoms with E-state index in [1.807, 2.05) is 6.07 Å². The molecule has 1 aliphatic rings. The van der Waals surface area contributed by atoms with Crippen LogP contribution in [-0.4, -0.2) is 40.5 Å². The summed E-state index contributed by atoms with van der Waals surface area (Å²) in [6.45, 7) is 8.06. The van der Waals surface area contributed by atoms with Crippen LogP contribution in [0.2, 0.25) is 0 Å². The van der Waals surface area contributed by atoms with Gasteiger partial charge < -0.3 is 10.2 Å². The minimum Gasteiger partial charge on any atom is -0.356 e. The van der Waals surface area contributed by atoms with E-state index in [-0.39, 0.29) is 17.4 Å². The second-order valence-electron chi connectivity index (χ2n) is 7.54. The molecule has 6 nitrogen and oxygen atoms in total. The highest BCUT2D eigenvalue weighted by atomic mass is 32.2. The highest BCUT2D eigenvalue weighted by Gasteiger charge is 2.23. The van der Waals surface area contributed by atoms with E-state index in [2.05, 4.69) is 34.0 Å². The van der Waals surface area contributed by atoms with E-state index in [0.29, 0.717) is 23.1 Å². The molecule has 2 aromatic rings. The van der Waals surface area contributed by atoms with Crippen LogP contribution in [0.25, 0.3) is 0 Å². The Morgan fingerprint density at radius 2 is 1.82 bits per heavy atom. The Morgan fingerprint density at radius 3 is 2.46 bits per heavy atom. The van der Waals surface area contributed by atoms with Crippen molar-refractivity contribution in [1.29, 1.82) is 0 Å². The zero-order chi connectivity index (χ0) is 20.1. The molecule has 3 rings (SSSR count). The van der Waals surface area contributed by atoms with Gasteiger partial charge >= 0.3 is 0 Å². The summed E-state index contributed by atoms with van der Waals surface area (Å²) < 4.78 is 0. The van der Waals surface area contributed by atoms with Crippen LogP contribution >= 0.6 is 11.8 Å². The van der Waals surface area contributed by atoms with Crippen molar-refractivity contribution >= 4 is 35.0 Å². The van der Waals surface area contributed by atoms with Crippen molar-refractivity contribution in [3.05, 3.63) is 42.2 Å². The van der Waals surface area contributed by atoms with Crippen LogP contribution in [0.3, 0.4) is 0 Å². The van der Waals surface area contributed by atoms with Crippen molar-refractivity contribution in [2.75, 3.05) is 29.1 Å². The number of rotatable bonds is 6. The van der Waals surface area contributed by atoms with E-state index in [1.165, 1.54) is 25.1 Å². The van der Waals surface area contributed by atoms with E-state index in [1.54, 1.807) is 30.6 Å². The summed E-state index contributed by atoms with van der Waals surface area (Å²) in [5.74, 6) is 2.38. The van der Waals surface area contributed by atoms with Gasteiger partial charge in [0.05, 0.1) is 5.75 Å². The third kappa shape index (κ3) is 5.55. The molecule has 0 aliphatic carbocycles. The Hall–Kier alpha value is -2.41. The normalized spacial score (nSPS) is 19.3. The maximum absolute atomic E-state index is 12.2. The molecule has 2 heterocycles. The summed E-state index contributed by atoms with van der Waals surface area (Å²) in [6, 6.07) is 8.86. The fourth-order valence-electron chi connectivity index (χ4n) is 3.56. The molecule has 0 saturated carbocycles. The summed E-state index contributed by atoms with van der Waals surface area (Å²) in [7, 11) is 0. The number of amides is 1. The number of carbonyl (C=O) groups is 2. The van der Waals surface area contributed by atoms with Crippen molar-refractivity contribution in [1.82, 2.24) is 9.97 Å². The summed E-state index contributed by atoms with van der Waals surface area (Å²) in [4.78, 5) is 34.6. The number of anilines is 2. The third-order valence-electron chi connectivity index (χ3n) is 4.75. The molecule has 148 valence electrons. The van der Waals surface area contributed by atoms with Crippen LogP contribution in [0.5, 0.6) is 0 Å². The maximum Gasteiger partial charge on any atom is 0.234 e. The Kier molecular flexibility index (Phi) is 6.67. The van der Waals surface area contributed by atoms with Gasteiger partial charge in [-0.1, -0.05) is 25.6 Å². The molecule has 1 amide bonds. The fraction of sp³-hybridized carbons (Fsp3) is 0.429. The highest BCUT2D eigenvalue weighted by molar-refractivity contribution is 7.99. The molecule has 1 aromatic carbocycles. The van der Waals surface area contributed by atoms with E-state index >= 15 is 0 Å². The molecule has 1 aromatic heterocycles. The topological polar surface area (TPSA) is 75.2 Å². The summed E-state index contributed by atoms with van der Waals surface area (Å²) in [5.41, 5.74) is 1.30. The lowest BCUT2D eigenvalue weighted by atomic mass is 9.92. The van der Waals surface area contributed by atoms with Gasteiger partial charge in [-0.25, -0.2) is 9.97 Å². The van der Waals surface area contributed by atoms with E-state index in [4.69, 9.17) is 0 Å². The van der Waals surface area contributed by atoms with E-state index in [9.17, 15) is 9.59 Å². The van der Waals surface area contributed by atoms with Gasteiger partial charge in [0.1, 0.15) is 17.2 Å². The smallest absolute Gasteiger partial charge is 0.234 e. The second kappa shape index (κ2) is 9.19. The Labute approximate surface area is 170 Å². The van der Waals surface area contributed by atoms with Gasteiger partial charge in [0.15, 0.2) is 5.78 Å². The Balaban J connectivity index is 1.55. The van der Waals surface area contributed by atoms with Crippen molar-refractivity contribution in [3.8, 4) is 0 Å². The number of carbonyl (C=O) groups excluding carboxylic acids is 2. The quantitative estimate of drug-likeness (QED) is 0.452. The first-order valence-corrected chi connectivity index (χ1v) is 10.5. The highest BCUT2D eigenvalue weighted by Crippen LogP contribution is 2.27. The van der Waals surface area contributed by atoms with Crippen molar-refractivity contribution in [2.45, 2.75) is 32.2 Å². The first-order chi connectivity index (χ1) is 13.4. The van der Waals surface area contributed by atoms with Gasteiger partial charge in [0, 0.05) is 30.4 Å². The number of nitrogens with one attached hydrogen (secondary N) is 1. The number of hydrogen-bond acceptors (Lipinski definition) is 6. The van der Waals surface area contributed by atoms with Crippen LogP contribution in [0.4, 0.5) is 11.5 Å². The second-order valence-corrected chi connectivity index (χ2v) is 8.53. The summed E-state index contributed by atoms with van der Waals surface area (Å²) >= 11 is 1.39. The molecule has 1 aliphatic heterocycles.